The quantitative estimate of drug-likeness (QED) is 0.774. The third-order valence-corrected chi connectivity index (χ3v) is 4.48. The first-order chi connectivity index (χ1) is 9.75. The normalized spacial score (nSPS) is 13.9. The number of nitrogens with one attached hydrogen (secondary N) is 1. The second-order valence-corrected chi connectivity index (χ2v) is 7.83. The smallest absolute Gasteiger partial charge is 0.0635 e. The molecule has 0 amide bonds. The molecular weight excluding hydrogens is 328 g/mol. The van der Waals surface area contributed by atoms with Crippen LogP contribution in [0.4, 0.5) is 0 Å². The van der Waals surface area contributed by atoms with Gasteiger partial charge in [-0.3, -0.25) is 4.68 Å². The Kier molecular flexibility index (Phi) is 7.37. The van der Waals surface area contributed by atoms with Crippen LogP contribution < -0.4 is 5.32 Å². The van der Waals surface area contributed by atoms with Crippen molar-refractivity contribution in [2.75, 3.05) is 27.2 Å². The van der Waals surface area contributed by atoms with Crippen molar-refractivity contribution in [2.45, 2.75) is 53.1 Å². The summed E-state index contributed by atoms with van der Waals surface area (Å²) in [6.45, 7) is 12.1. The minimum Gasteiger partial charge on any atom is -0.314 e. The van der Waals surface area contributed by atoms with Gasteiger partial charge in [-0.2, -0.15) is 5.10 Å². The summed E-state index contributed by atoms with van der Waals surface area (Å²) in [7, 11) is 4.19. The van der Waals surface area contributed by atoms with E-state index < -0.39 is 0 Å². The minimum atomic E-state index is 0.275. The highest BCUT2D eigenvalue weighted by Gasteiger charge is 2.24. The number of likely N-dealkylation sites (N-methyl/N-ethyl adjacent to an activating group) is 1. The molecule has 1 heterocycles. The zero-order valence-corrected chi connectivity index (χ0v) is 16.0. The lowest BCUT2D eigenvalue weighted by atomic mass is 9.83. The third kappa shape index (κ3) is 6.09. The number of halogens is 1. The first-order valence-corrected chi connectivity index (χ1v) is 8.63. The van der Waals surface area contributed by atoms with Gasteiger partial charge in [0, 0.05) is 12.6 Å². The van der Waals surface area contributed by atoms with Gasteiger partial charge < -0.3 is 10.2 Å². The van der Waals surface area contributed by atoms with Gasteiger partial charge in [0.05, 0.1) is 22.9 Å². The first-order valence-electron chi connectivity index (χ1n) is 7.84. The number of hydrogen-bond donors (Lipinski definition) is 1. The second kappa shape index (κ2) is 8.30. The lowest BCUT2D eigenvalue weighted by Crippen LogP contribution is -2.40. The standard InChI is InChI=1S/C16H31BrN4/c1-7-18-15(16(2,3)4)9-8-14-13(17)12-19-21(14)11-10-20(5)6/h12,15,18H,7-11H2,1-6H3. The molecule has 1 rings (SSSR count). The van der Waals surface area contributed by atoms with E-state index >= 15 is 0 Å². The van der Waals surface area contributed by atoms with Crippen molar-refractivity contribution in [1.29, 1.82) is 0 Å². The Hall–Kier alpha value is -0.390. The van der Waals surface area contributed by atoms with Crippen molar-refractivity contribution in [1.82, 2.24) is 20.0 Å². The van der Waals surface area contributed by atoms with Crippen LogP contribution in [-0.2, 0) is 13.0 Å². The molecule has 0 fully saturated rings. The Morgan fingerprint density at radius 3 is 2.57 bits per heavy atom. The summed E-state index contributed by atoms with van der Waals surface area (Å²) in [5.41, 5.74) is 1.58. The fraction of sp³-hybridized carbons (Fsp3) is 0.812. The van der Waals surface area contributed by atoms with Gasteiger partial charge in [-0.25, -0.2) is 0 Å². The highest BCUT2D eigenvalue weighted by Crippen LogP contribution is 2.25. The Labute approximate surface area is 138 Å². The van der Waals surface area contributed by atoms with Crippen LogP contribution >= 0.6 is 15.9 Å². The molecule has 1 N–H and O–H groups in total. The Balaban J connectivity index is 2.71. The largest absolute Gasteiger partial charge is 0.314 e. The molecule has 1 aromatic rings. The van der Waals surface area contributed by atoms with Gasteiger partial charge in [-0.15, -0.1) is 0 Å². The molecular formula is C16H31BrN4. The van der Waals surface area contributed by atoms with Crippen LogP contribution in [-0.4, -0.2) is 47.9 Å². The maximum absolute atomic E-state index is 4.50. The monoisotopic (exact) mass is 358 g/mol. The summed E-state index contributed by atoms with van der Waals surface area (Å²) in [5, 5.41) is 8.12. The third-order valence-electron chi connectivity index (χ3n) is 3.82. The molecule has 0 aliphatic rings. The lowest BCUT2D eigenvalue weighted by molar-refractivity contribution is 0.256. The molecule has 1 atom stereocenters. The molecule has 122 valence electrons. The fourth-order valence-corrected chi connectivity index (χ4v) is 2.99. The summed E-state index contributed by atoms with van der Waals surface area (Å²) in [4.78, 5) is 2.19. The van der Waals surface area contributed by atoms with E-state index in [9.17, 15) is 0 Å². The maximum atomic E-state index is 4.50. The van der Waals surface area contributed by atoms with Crippen molar-refractivity contribution >= 4 is 15.9 Å². The molecule has 0 aromatic carbocycles. The molecule has 1 aromatic heterocycles. The van der Waals surface area contributed by atoms with Gasteiger partial charge in [-0.1, -0.05) is 27.7 Å². The van der Waals surface area contributed by atoms with Crippen molar-refractivity contribution in [3.8, 4) is 0 Å². The van der Waals surface area contributed by atoms with Crippen LogP contribution in [0.2, 0.25) is 0 Å². The van der Waals surface area contributed by atoms with E-state index in [0.29, 0.717) is 6.04 Å². The second-order valence-electron chi connectivity index (χ2n) is 6.98. The van der Waals surface area contributed by atoms with Gasteiger partial charge in [-0.05, 0) is 54.8 Å². The molecule has 0 radical (unpaired) electrons. The van der Waals surface area contributed by atoms with Crippen LogP contribution in [0, 0.1) is 5.41 Å². The van der Waals surface area contributed by atoms with E-state index in [-0.39, 0.29) is 5.41 Å². The maximum Gasteiger partial charge on any atom is 0.0635 e. The van der Waals surface area contributed by atoms with Gasteiger partial charge in [0.1, 0.15) is 0 Å². The van der Waals surface area contributed by atoms with Crippen LogP contribution in [0.5, 0.6) is 0 Å². The van der Waals surface area contributed by atoms with Crippen LogP contribution in [0.25, 0.3) is 0 Å². The van der Waals surface area contributed by atoms with Crippen LogP contribution in [0.3, 0.4) is 0 Å². The molecule has 5 heteroatoms. The molecule has 0 bridgehead atoms. The fourth-order valence-electron chi connectivity index (χ4n) is 2.49. The SMILES string of the molecule is CCNC(CCc1c(Br)cnn1CCN(C)C)C(C)(C)C. The average molecular weight is 359 g/mol. The van der Waals surface area contributed by atoms with E-state index in [4.69, 9.17) is 0 Å². The molecule has 0 aliphatic heterocycles. The van der Waals surface area contributed by atoms with Crippen molar-refractivity contribution in [3.63, 3.8) is 0 Å². The average Bonchev–Trinajstić information content (AvgIpc) is 2.71. The van der Waals surface area contributed by atoms with Crippen molar-refractivity contribution in [2.24, 2.45) is 5.41 Å². The molecule has 0 saturated carbocycles. The summed E-state index contributed by atoms with van der Waals surface area (Å²) in [6, 6.07) is 0.520. The molecule has 21 heavy (non-hydrogen) atoms. The zero-order valence-electron chi connectivity index (χ0n) is 14.4. The van der Waals surface area contributed by atoms with Crippen molar-refractivity contribution < 1.29 is 0 Å². The topological polar surface area (TPSA) is 33.1 Å². The van der Waals surface area contributed by atoms with Gasteiger partial charge in [0.2, 0.25) is 0 Å². The summed E-state index contributed by atoms with van der Waals surface area (Å²) >= 11 is 3.65. The van der Waals surface area contributed by atoms with E-state index in [1.54, 1.807) is 0 Å². The Bertz CT molecular complexity index is 420. The van der Waals surface area contributed by atoms with Gasteiger partial charge in [0.15, 0.2) is 0 Å². The zero-order chi connectivity index (χ0) is 16.0. The number of aromatic nitrogens is 2. The van der Waals surface area contributed by atoms with E-state index in [2.05, 4.69) is 77.7 Å². The Morgan fingerprint density at radius 1 is 1.38 bits per heavy atom. The van der Waals surface area contributed by atoms with E-state index in [1.165, 1.54) is 5.69 Å². The first kappa shape index (κ1) is 18.7. The summed E-state index contributed by atoms with van der Waals surface area (Å²) in [5.74, 6) is 0. The van der Waals surface area contributed by atoms with Gasteiger partial charge in [0.25, 0.3) is 0 Å². The summed E-state index contributed by atoms with van der Waals surface area (Å²) < 4.78 is 3.26. The molecule has 0 spiro atoms. The van der Waals surface area contributed by atoms with Gasteiger partial charge >= 0.3 is 0 Å². The predicted octanol–water partition coefficient (Wildman–Crippen LogP) is 3.16. The molecule has 0 saturated heterocycles. The number of nitrogens with zero attached hydrogens (tertiary/aromatic N) is 3. The summed E-state index contributed by atoms with van der Waals surface area (Å²) in [6.07, 6.45) is 4.09. The van der Waals surface area contributed by atoms with E-state index in [0.717, 1.165) is 36.9 Å². The predicted molar refractivity (Wildman–Crippen MR) is 93.7 cm³/mol. The number of rotatable bonds is 8. The highest BCUT2D eigenvalue weighted by atomic mass is 79.9. The molecule has 0 aliphatic carbocycles. The molecule has 1 unspecified atom stereocenters. The highest BCUT2D eigenvalue weighted by molar-refractivity contribution is 9.10. The lowest BCUT2D eigenvalue weighted by Gasteiger charge is -2.31. The van der Waals surface area contributed by atoms with Crippen LogP contribution in [0.15, 0.2) is 10.7 Å². The number of hydrogen-bond acceptors (Lipinski definition) is 3. The molecule has 4 nitrogen and oxygen atoms in total. The van der Waals surface area contributed by atoms with E-state index in [1.807, 2.05) is 6.20 Å². The van der Waals surface area contributed by atoms with Crippen molar-refractivity contribution in [3.05, 3.63) is 16.4 Å². The minimum absolute atomic E-state index is 0.275. The Morgan fingerprint density at radius 2 is 2.05 bits per heavy atom. The van der Waals surface area contributed by atoms with Crippen LogP contribution in [0.1, 0.15) is 39.8 Å².